The Kier molecular flexibility index (Phi) is 5.99. The van der Waals surface area contributed by atoms with E-state index in [1.54, 1.807) is 19.2 Å². The van der Waals surface area contributed by atoms with Gasteiger partial charge < -0.3 is 10.6 Å². The highest BCUT2D eigenvalue weighted by Crippen LogP contribution is 2.36. The summed E-state index contributed by atoms with van der Waals surface area (Å²) in [6.45, 7) is 3.91. The lowest BCUT2D eigenvalue weighted by Crippen LogP contribution is -2.45. The molecule has 3 rings (SSSR count). The van der Waals surface area contributed by atoms with E-state index >= 15 is 0 Å². The van der Waals surface area contributed by atoms with Crippen LogP contribution in [0.3, 0.4) is 0 Å². The Hall–Kier alpha value is -1.76. The summed E-state index contributed by atoms with van der Waals surface area (Å²) in [5, 5.41) is 6.84. The largest absolute Gasteiger partial charge is 0.416 e. The van der Waals surface area contributed by atoms with Crippen LogP contribution in [-0.4, -0.2) is 44.1 Å². The van der Waals surface area contributed by atoms with E-state index < -0.39 is 11.7 Å². The predicted octanol–water partition coefficient (Wildman–Crippen LogP) is 3.66. The fourth-order valence-electron chi connectivity index (χ4n) is 3.99. The SMILES string of the molecule is CN=C(NCC1CCCN(C)C1c1ccc(C(F)(F)F)cc1)NC1CC1C. The molecule has 2 fully saturated rings. The first-order chi connectivity index (χ1) is 12.8. The maximum absolute atomic E-state index is 12.9. The van der Waals surface area contributed by atoms with E-state index in [1.807, 2.05) is 7.05 Å². The highest BCUT2D eigenvalue weighted by molar-refractivity contribution is 5.80. The number of rotatable bonds is 4. The molecule has 1 aromatic rings. The number of likely N-dealkylation sites (tertiary alicyclic amines) is 1. The van der Waals surface area contributed by atoms with Crippen molar-refractivity contribution in [3.63, 3.8) is 0 Å². The van der Waals surface area contributed by atoms with Crippen molar-refractivity contribution >= 4 is 5.96 Å². The van der Waals surface area contributed by atoms with Crippen LogP contribution in [0.15, 0.2) is 29.3 Å². The molecule has 4 unspecified atom stereocenters. The number of nitrogens with zero attached hydrogens (tertiary/aromatic N) is 2. The Bertz CT molecular complexity index is 656. The number of piperidine rings is 1. The van der Waals surface area contributed by atoms with Crippen LogP contribution in [0.5, 0.6) is 0 Å². The highest BCUT2D eigenvalue weighted by atomic mass is 19.4. The number of benzene rings is 1. The molecule has 150 valence electrons. The van der Waals surface area contributed by atoms with Crippen LogP contribution in [0.25, 0.3) is 0 Å². The van der Waals surface area contributed by atoms with E-state index in [2.05, 4.69) is 27.4 Å². The third-order valence-corrected chi connectivity index (χ3v) is 5.77. The second-order valence-electron chi connectivity index (χ2n) is 7.86. The van der Waals surface area contributed by atoms with Gasteiger partial charge in [0, 0.05) is 25.7 Å². The first kappa shape index (κ1) is 20.0. The minimum Gasteiger partial charge on any atom is -0.356 e. The first-order valence-corrected chi connectivity index (χ1v) is 9.64. The molecule has 27 heavy (non-hydrogen) atoms. The molecule has 1 saturated heterocycles. The van der Waals surface area contributed by atoms with Crippen molar-refractivity contribution in [3.05, 3.63) is 35.4 Å². The van der Waals surface area contributed by atoms with Crippen LogP contribution in [0, 0.1) is 11.8 Å². The van der Waals surface area contributed by atoms with E-state index in [-0.39, 0.29) is 6.04 Å². The lowest BCUT2D eigenvalue weighted by molar-refractivity contribution is -0.137. The van der Waals surface area contributed by atoms with Gasteiger partial charge >= 0.3 is 6.18 Å². The van der Waals surface area contributed by atoms with Gasteiger partial charge in [-0.3, -0.25) is 9.89 Å². The molecule has 0 spiro atoms. The van der Waals surface area contributed by atoms with Gasteiger partial charge in [-0.25, -0.2) is 0 Å². The van der Waals surface area contributed by atoms with Crippen LogP contribution < -0.4 is 10.6 Å². The number of guanidine groups is 1. The Morgan fingerprint density at radius 1 is 1.26 bits per heavy atom. The van der Waals surface area contributed by atoms with E-state index in [0.29, 0.717) is 17.9 Å². The number of aliphatic imine (C=N–C) groups is 1. The van der Waals surface area contributed by atoms with Crippen LogP contribution in [0.1, 0.15) is 43.4 Å². The van der Waals surface area contributed by atoms with Gasteiger partial charge in [-0.05, 0) is 62.4 Å². The smallest absolute Gasteiger partial charge is 0.356 e. The highest BCUT2D eigenvalue weighted by Gasteiger charge is 2.35. The summed E-state index contributed by atoms with van der Waals surface area (Å²) in [6, 6.07) is 6.24. The number of halogens is 3. The quantitative estimate of drug-likeness (QED) is 0.617. The lowest BCUT2D eigenvalue weighted by atomic mass is 9.84. The summed E-state index contributed by atoms with van der Waals surface area (Å²) in [5.74, 6) is 1.81. The topological polar surface area (TPSA) is 39.7 Å². The fraction of sp³-hybridized carbons (Fsp3) is 0.650. The van der Waals surface area contributed by atoms with E-state index in [4.69, 9.17) is 0 Å². The molecule has 1 aliphatic heterocycles. The van der Waals surface area contributed by atoms with Crippen molar-refractivity contribution in [2.24, 2.45) is 16.8 Å². The standard InChI is InChI=1S/C20H29F3N4/c1-13-11-17(13)26-19(24-2)25-12-15-5-4-10-27(3)18(15)14-6-8-16(9-7-14)20(21,22)23/h6-9,13,15,17-18H,4-5,10-12H2,1-3H3,(H2,24,25,26). The zero-order chi connectivity index (χ0) is 19.6. The van der Waals surface area contributed by atoms with Crippen molar-refractivity contribution < 1.29 is 13.2 Å². The molecule has 0 bridgehead atoms. The molecule has 0 radical (unpaired) electrons. The second kappa shape index (κ2) is 8.09. The molecule has 4 nitrogen and oxygen atoms in total. The van der Waals surface area contributed by atoms with Gasteiger partial charge in [0.05, 0.1) is 5.56 Å². The molecule has 1 aliphatic carbocycles. The minimum absolute atomic E-state index is 0.103. The summed E-state index contributed by atoms with van der Waals surface area (Å²) in [6.07, 6.45) is -0.997. The van der Waals surface area contributed by atoms with Crippen LogP contribution >= 0.6 is 0 Å². The minimum atomic E-state index is -4.30. The fourth-order valence-corrected chi connectivity index (χ4v) is 3.99. The van der Waals surface area contributed by atoms with Gasteiger partial charge in [-0.1, -0.05) is 19.1 Å². The third kappa shape index (κ3) is 4.94. The van der Waals surface area contributed by atoms with E-state index in [0.717, 1.165) is 37.5 Å². The molecule has 1 aromatic carbocycles. The van der Waals surface area contributed by atoms with Gasteiger partial charge in [0.25, 0.3) is 0 Å². The Morgan fingerprint density at radius 2 is 1.93 bits per heavy atom. The van der Waals surface area contributed by atoms with Crippen LogP contribution in [0.4, 0.5) is 13.2 Å². The number of alkyl halides is 3. The zero-order valence-electron chi connectivity index (χ0n) is 16.2. The average molecular weight is 382 g/mol. The second-order valence-corrected chi connectivity index (χ2v) is 7.86. The predicted molar refractivity (Wildman–Crippen MR) is 102 cm³/mol. The maximum atomic E-state index is 12.9. The average Bonchev–Trinajstić information content (AvgIpc) is 3.32. The third-order valence-electron chi connectivity index (χ3n) is 5.77. The molecule has 1 saturated carbocycles. The zero-order valence-corrected chi connectivity index (χ0v) is 16.2. The Labute approximate surface area is 159 Å². The summed E-state index contributed by atoms with van der Waals surface area (Å²) in [4.78, 5) is 6.55. The maximum Gasteiger partial charge on any atom is 0.416 e. The summed E-state index contributed by atoms with van der Waals surface area (Å²) < 4.78 is 38.6. The Morgan fingerprint density at radius 3 is 2.48 bits per heavy atom. The molecule has 7 heteroatoms. The molecule has 4 atom stereocenters. The summed E-state index contributed by atoms with van der Waals surface area (Å²) in [7, 11) is 3.82. The van der Waals surface area contributed by atoms with E-state index in [1.165, 1.54) is 18.6 Å². The molecular formula is C20H29F3N4. The van der Waals surface area contributed by atoms with Crippen molar-refractivity contribution in [2.45, 2.75) is 44.4 Å². The van der Waals surface area contributed by atoms with Crippen molar-refractivity contribution in [1.82, 2.24) is 15.5 Å². The van der Waals surface area contributed by atoms with Gasteiger partial charge in [0.2, 0.25) is 0 Å². The van der Waals surface area contributed by atoms with Gasteiger partial charge in [-0.15, -0.1) is 0 Å². The molecule has 2 aliphatic rings. The molecule has 0 amide bonds. The summed E-state index contributed by atoms with van der Waals surface area (Å²) >= 11 is 0. The van der Waals surface area contributed by atoms with Crippen molar-refractivity contribution in [1.29, 1.82) is 0 Å². The lowest BCUT2D eigenvalue weighted by Gasteiger charge is -2.40. The molecular weight excluding hydrogens is 353 g/mol. The molecule has 0 aromatic heterocycles. The van der Waals surface area contributed by atoms with Crippen LogP contribution in [-0.2, 0) is 6.18 Å². The summed E-state index contributed by atoms with van der Waals surface area (Å²) in [5.41, 5.74) is 0.346. The van der Waals surface area contributed by atoms with Crippen molar-refractivity contribution in [3.8, 4) is 0 Å². The monoisotopic (exact) mass is 382 g/mol. The normalized spacial score (nSPS) is 29.5. The van der Waals surface area contributed by atoms with Gasteiger partial charge in [0.15, 0.2) is 5.96 Å². The number of hydrogen-bond acceptors (Lipinski definition) is 2. The van der Waals surface area contributed by atoms with Crippen molar-refractivity contribution in [2.75, 3.05) is 27.2 Å². The van der Waals surface area contributed by atoms with E-state index in [9.17, 15) is 13.2 Å². The van der Waals surface area contributed by atoms with Gasteiger partial charge in [0.1, 0.15) is 0 Å². The molecule has 2 N–H and O–H groups in total. The first-order valence-electron chi connectivity index (χ1n) is 9.64. The van der Waals surface area contributed by atoms with Crippen LogP contribution in [0.2, 0.25) is 0 Å². The Balaban J connectivity index is 1.67. The molecule has 1 heterocycles. The number of nitrogens with one attached hydrogen (secondary N) is 2. The van der Waals surface area contributed by atoms with Gasteiger partial charge in [-0.2, -0.15) is 13.2 Å². The number of hydrogen-bond donors (Lipinski definition) is 2.